The van der Waals surface area contributed by atoms with E-state index in [4.69, 9.17) is 9.47 Å². The van der Waals surface area contributed by atoms with Crippen LogP contribution in [0.5, 0.6) is 11.5 Å². The average molecular weight is 376 g/mol. The van der Waals surface area contributed by atoms with Gasteiger partial charge in [0.05, 0.1) is 13.7 Å². The molecule has 1 fully saturated rings. The second-order valence-electron chi connectivity index (χ2n) is 6.78. The van der Waals surface area contributed by atoms with Crippen molar-refractivity contribution in [3.8, 4) is 11.5 Å². The van der Waals surface area contributed by atoms with E-state index in [2.05, 4.69) is 6.92 Å². The maximum absolute atomic E-state index is 12.5. The fourth-order valence-corrected chi connectivity index (χ4v) is 3.24. The second-order valence-corrected chi connectivity index (χ2v) is 6.78. The highest BCUT2D eigenvalue weighted by Crippen LogP contribution is 2.28. The first kappa shape index (κ1) is 21.1. The van der Waals surface area contributed by atoms with Gasteiger partial charge in [0.2, 0.25) is 11.8 Å². The summed E-state index contributed by atoms with van der Waals surface area (Å²) in [6.45, 7) is 7.15. The van der Waals surface area contributed by atoms with Crippen LogP contribution >= 0.6 is 0 Å². The first-order valence-electron chi connectivity index (χ1n) is 9.94. The second kappa shape index (κ2) is 10.8. The molecule has 6 nitrogen and oxygen atoms in total. The van der Waals surface area contributed by atoms with Crippen molar-refractivity contribution in [1.82, 2.24) is 9.80 Å². The molecular weight excluding hydrogens is 344 g/mol. The highest BCUT2D eigenvalue weighted by atomic mass is 16.5. The molecular formula is C21H32N2O4. The quantitative estimate of drug-likeness (QED) is 0.665. The molecule has 0 atom stereocenters. The Morgan fingerprint density at radius 2 is 1.59 bits per heavy atom. The number of unbranched alkanes of at least 4 members (excludes halogenated alkanes) is 1. The Kier molecular flexibility index (Phi) is 8.43. The molecule has 1 saturated heterocycles. The molecule has 6 heteroatoms. The highest BCUT2D eigenvalue weighted by Gasteiger charge is 2.23. The lowest BCUT2D eigenvalue weighted by Gasteiger charge is -2.35. The third-order valence-electron chi connectivity index (χ3n) is 4.88. The lowest BCUT2D eigenvalue weighted by atomic mass is 10.1. The van der Waals surface area contributed by atoms with Gasteiger partial charge in [0.1, 0.15) is 0 Å². The number of amides is 2. The van der Waals surface area contributed by atoms with Gasteiger partial charge in [-0.2, -0.15) is 0 Å². The van der Waals surface area contributed by atoms with Crippen molar-refractivity contribution in [2.24, 2.45) is 0 Å². The summed E-state index contributed by atoms with van der Waals surface area (Å²) in [5.74, 6) is 1.77. The number of carbonyl (C=O) groups excluding carboxylic acids is 2. The number of hydrogen-bond acceptors (Lipinski definition) is 4. The number of ether oxygens (including phenoxy) is 2. The summed E-state index contributed by atoms with van der Waals surface area (Å²) in [5.41, 5.74) is 1.05. The van der Waals surface area contributed by atoms with Crippen LogP contribution in [0.25, 0.3) is 0 Å². The molecule has 1 aliphatic rings. The van der Waals surface area contributed by atoms with E-state index in [0.717, 1.165) is 24.2 Å². The summed E-state index contributed by atoms with van der Waals surface area (Å²) in [6.07, 6.45) is 3.70. The van der Waals surface area contributed by atoms with Crippen LogP contribution in [-0.4, -0.2) is 61.5 Å². The summed E-state index contributed by atoms with van der Waals surface area (Å²) in [5, 5.41) is 0. The zero-order chi connectivity index (χ0) is 19.6. The smallest absolute Gasteiger partial charge is 0.223 e. The van der Waals surface area contributed by atoms with E-state index in [0.29, 0.717) is 57.8 Å². The van der Waals surface area contributed by atoms with Crippen LogP contribution in [0.1, 0.15) is 45.1 Å². The van der Waals surface area contributed by atoms with E-state index in [1.165, 1.54) is 0 Å². The molecule has 0 bridgehead atoms. The Morgan fingerprint density at radius 3 is 2.15 bits per heavy atom. The van der Waals surface area contributed by atoms with Crippen LogP contribution in [0.4, 0.5) is 0 Å². The van der Waals surface area contributed by atoms with Crippen molar-refractivity contribution < 1.29 is 19.1 Å². The van der Waals surface area contributed by atoms with Crippen LogP contribution in [0.2, 0.25) is 0 Å². The number of benzene rings is 1. The normalized spacial score (nSPS) is 14.2. The van der Waals surface area contributed by atoms with Crippen molar-refractivity contribution in [1.29, 1.82) is 0 Å². The fourth-order valence-electron chi connectivity index (χ4n) is 3.24. The number of piperazine rings is 1. The topological polar surface area (TPSA) is 59.1 Å². The summed E-state index contributed by atoms with van der Waals surface area (Å²) < 4.78 is 10.9. The van der Waals surface area contributed by atoms with Gasteiger partial charge in [0, 0.05) is 39.0 Å². The summed E-state index contributed by atoms with van der Waals surface area (Å²) in [6, 6.07) is 5.80. The zero-order valence-electron chi connectivity index (χ0n) is 16.8. The molecule has 0 aliphatic carbocycles. The number of rotatable bonds is 9. The lowest BCUT2D eigenvalue weighted by molar-refractivity contribution is -0.139. The van der Waals surface area contributed by atoms with Gasteiger partial charge in [-0.15, -0.1) is 0 Å². The number of carbonyl (C=O) groups is 2. The maximum atomic E-state index is 12.5. The van der Waals surface area contributed by atoms with E-state index >= 15 is 0 Å². The Balaban J connectivity index is 1.80. The lowest BCUT2D eigenvalue weighted by Crippen LogP contribution is -2.50. The standard InChI is InChI=1S/C21H32N2O4/c1-4-6-7-20(24)22-12-14-23(15-13-22)21(25)11-9-17-8-10-18(27-5-2)19(16-17)26-3/h8,10,16H,4-7,9,11-15H2,1-3H3. The minimum absolute atomic E-state index is 0.142. The molecule has 1 aromatic rings. The monoisotopic (exact) mass is 376 g/mol. The largest absolute Gasteiger partial charge is 0.493 e. The molecule has 0 radical (unpaired) electrons. The Morgan fingerprint density at radius 1 is 0.963 bits per heavy atom. The minimum atomic E-state index is 0.142. The van der Waals surface area contributed by atoms with E-state index in [1.54, 1.807) is 7.11 Å². The Labute approximate surface area is 162 Å². The zero-order valence-corrected chi connectivity index (χ0v) is 16.8. The predicted molar refractivity (Wildman–Crippen MR) is 105 cm³/mol. The number of methoxy groups -OCH3 is 1. The van der Waals surface area contributed by atoms with Gasteiger partial charge in [0.15, 0.2) is 11.5 Å². The molecule has 0 unspecified atom stereocenters. The van der Waals surface area contributed by atoms with Crippen molar-refractivity contribution in [2.75, 3.05) is 39.9 Å². The van der Waals surface area contributed by atoms with Gasteiger partial charge in [-0.3, -0.25) is 9.59 Å². The van der Waals surface area contributed by atoms with E-state index in [9.17, 15) is 9.59 Å². The van der Waals surface area contributed by atoms with Gasteiger partial charge in [0.25, 0.3) is 0 Å². The van der Waals surface area contributed by atoms with Crippen molar-refractivity contribution >= 4 is 11.8 Å². The fraction of sp³-hybridized carbons (Fsp3) is 0.619. The van der Waals surface area contributed by atoms with Gasteiger partial charge >= 0.3 is 0 Å². The summed E-state index contributed by atoms with van der Waals surface area (Å²) in [4.78, 5) is 28.3. The number of hydrogen-bond donors (Lipinski definition) is 0. The van der Waals surface area contributed by atoms with Crippen LogP contribution in [-0.2, 0) is 16.0 Å². The SMILES string of the molecule is CCCCC(=O)N1CCN(C(=O)CCc2ccc(OCC)c(OC)c2)CC1. The predicted octanol–water partition coefficient (Wildman–Crippen LogP) is 2.89. The van der Waals surface area contributed by atoms with Gasteiger partial charge in [-0.1, -0.05) is 19.4 Å². The highest BCUT2D eigenvalue weighted by molar-refractivity contribution is 5.78. The molecule has 150 valence electrons. The number of nitrogens with zero attached hydrogens (tertiary/aromatic N) is 2. The van der Waals surface area contributed by atoms with Gasteiger partial charge in [-0.25, -0.2) is 0 Å². The molecule has 0 saturated carbocycles. The molecule has 27 heavy (non-hydrogen) atoms. The summed E-state index contributed by atoms with van der Waals surface area (Å²) in [7, 11) is 1.62. The average Bonchev–Trinajstić information content (AvgIpc) is 2.71. The molecule has 2 rings (SSSR count). The molecule has 2 amide bonds. The van der Waals surface area contributed by atoms with Crippen LogP contribution in [0, 0.1) is 0 Å². The first-order valence-corrected chi connectivity index (χ1v) is 9.94. The maximum Gasteiger partial charge on any atom is 0.223 e. The van der Waals surface area contributed by atoms with Crippen molar-refractivity contribution in [3.63, 3.8) is 0 Å². The molecule has 0 spiro atoms. The minimum Gasteiger partial charge on any atom is -0.493 e. The number of aryl methyl sites for hydroxylation is 1. The van der Waals surface area contributed by atoms with Crippen molar-refractivity contribution in [3.05, 3.63) is 23.8 Å². The molecule has 0 aromatic heterocycles. The molecule has 1 heterocycles. The van der Waals surface area contributed by atoms with E-state index in [-0.39, 0.29) is 11.8 Å². The third kappa shape index (κ3) is 6.15. The van der Waals surface area contributed by atoms with Crippen LogP contribution in [0.3, 0.4) is 0 Å². The van der Waals surface area contributed by atoms with Crippen LogP contribution < -0.4 is 9.47 Å². The molecule has 1 aliphatic heterocycles. The first-order chi connectivity index (χ1) is 13.1. The van der Waals surface area contributed by atoms with E-state index in [1.807, 2.05) is 34.9 Å². The Bertz CT molecular complexity index is 625. The molecule has 0 N–H and O–H groups in total. The Hall–Kier alpha value is -2.24. The molecule has 1 aromatic carbocycles. The van der Waals surface area contributed by atoms with Gasteiger partial charge < -0.3 is 19.3 Å². The van der Waals surface area contributed by atoms with Crippen molar-refractivity contribution in [2.45, 2.75) is 46.0 Å². The summed E-state index contributed by atoms with van der Waals surface area (Å²) >= 11 is 0. The third-order valence-corrected chi connectivity index (χ3v) is 4.88. The van der Waals surface area contributed by atoms with E-state index < -0.39 is 0 Å². The van der Waals surface area contributed by atoms with Gasteiger partial charge in [-0.05, 0) is 37.5 Å². The van der Waals surface area contributed by atoms with Crippen LogP contribution in [0.15, 0.2) is 18.2 Å².